The normalized spacial score (nSPS) is 28.2. The minimum atomic E-state index is -1.46. The minimum Gasteiger partial charge on any atom is -0.545 e. The Balaban J connectivity index is 1.69. The Bertz CT molecular complexity index is 1060. The Kier molecular flexibility index (Phi) is 4.16. The molecule has 6 rings (SSSR count). The zero-order valence-electron chi connectivity index (χ0n) is 16.4. The molecule has 0 amide bonds. The van der Waals surface area contributed by atoms with Gasteiger partial charge in [-0.3, -0.25) is 0 Å². The van der Waals surface area contributed by atoms with Gasteiger partial charge in [0.15, 0.2) is 0 Å². The summed E-state index contributed by atoms with van der Waals surface area (Å²) in [6.07, 6.45) is 8.38. The lowest BCUT2D eigenvalue weighted by molar-refractivity contribution is -0.304. The number of carbonyl (C=O) groups excluding carboxylic acids is 2. The summed E-state index contributed by atoms with van der Waals surface area (Å²) < 4.78 is 1.91. The minimum absolute atomic E-state index is 0.133. The van der Waals surface area contributed by atoms with E-state index in [4.69, 9.17) is 0 Å². The number of fused-ring (bicyclic) bond motifs is 1. The van der Waals surface area contributed by atoms with Crippen LogP contribution in [0.3, 0.4) is 0 Å². The fourth-order valence-electron chi connectivity index (χ4n) is 6.36. The van der Waals surface area contributed by atoms with Crippen LogP contribution < -0.4 is 10.2 Å². The SMILES string of the molecule is Cn1cc(/C=C(\C(=O)[O-])C(C(=O)[O-])=C2C3CC4CC(C3)CC2C4)c2ccccc21. The van der Waals surface area contributed by atoms with Crippen LogP contribution in [-0.2, 0) is 16.6 Å². The van der Waals surface area contributed by atoms with Crippen molar-refractivity contribution >= 4 is 28.9 Å². The number of aliphatic carboxylic acids is 2. The van der Waals surface area contributed by atoms with Crippen molar-refractivity contribution in [3.05, 3.63) is 52.7 Å². The second-order valence-corrected chi connectivity index (χ2v) is 8.98. The van der Waals surface area contributed by atoms with Gasteiger partial charge in [-0.2, -0.15) is 0 Å². The molecule has 1 aromatic heterocycles. The Labute approximate surface area is 169 Å². The zero-order valence-corrected chi connectivity index (χ0v) is 16.4. The Morgan fingerprint density at radius 3 is 2.17 bits per heavy atom. The number of para-hydroxylation sites is 1. The molecule has 1 heterocycles. The highest BCUT2D eigenvalue weighted by Crippen LogP contribution is 2.57. The van der Waals surface area contributed by atoms with Crippen LogP contribution in [0.4, 0.5) is 0 Å². The van der Waals surface area contributed by atoms with E-state index < -0.39 is 11.9 Å². The van der Waals surface area contributed by atoms with Crippen LogP contribution in [0, 0.1) is 23.7 Å². The molecule has 5 heteroatoms. The number of hydrogen-bond donors (Lipinski definition) is 0. The molecule has 0 N–H and O–H groups in total. The number of aromatic nitrogens is 1. The lowest BCUT2D eigenvalue weighted by atomic mass is 9.53. The van der Waals surface area contributed by atoms with Gasteiger partial charge in [-0.15, -0.1) is 0 Å². The Morgan fingerprint density at radius 2 is 1.59 bits per heavy atom. The summed E-state index contributed by atoms with van der Waals surface area (Å²) in [5.41, 5.74) is 2.03. The standard InChI is InChI=1S/C24H25NO4/c1-25-12-17(18-4-2-3-5-20(18)25)11-19(23(26)27)22(24(28)29)21-15-7-13-6-14(9-15)10-16(21)8-13/h2-5,11-16H,6-10H2,1H3,(H,26,27)(H,28,29)/p-2/b19-11-,22-21?. The largest absolute Gasteiger partial charge is 0.545 e. The van der Waals surface area contributed by atoms with Gasteiger partial charge in [-0.1, -0.05) is 23.8 Å². The molecule has 0 unspecified atom stereocenters. The molecular formula is C24H23NO4-2. The Hall–Kier alpha value is -2.82. The van der Waals surface area contributed by atoms with Gasteiger partial charge in [-0.25, -0.2) is 0 Å². The van der Waals surface area contributed by atoms with E-state index in [0.717, 1.165) is 42.2 Å². The van der Waals surface area contributed by atoms with Gasteiger partial charge in [0.1, 0.15) is 0 Å². The maximum atomic E-state index is 12.2. The highest BCUT2D eigenvalue weighted by molar-refractivity contribution is 6.09. The third-order valence-corrected chi connectivity index (χ3v) is 7.23. The number of hydrogen-bond acceptors (Lipinski definition) is 4. The maximum Gasteiger partial charge on any atom is 0.0722 e. The van der Waals surface area contributed by atoms with Gasteiger partial charge in [0.05, 0.1) is 11.9 Å². The summed E-state index contributed by atoms with van der Waals surface area (Å²) in [5.74, 6) is -1.24. The molecule has 4 bridgehead atoms. The third-order valence-electron chi connectivity index (χ3n) is 7.23. The third kappa shape index (κ3) is 2.91. The van der Waals surface area contributed by atoms with Gasteiger partial charge in [0, 0.05) is 40.9 Å². The van der Waals surface area contributed by atoms with Crippen LogP contribution in [0.15, 0.2) is 47.2 Å². The van der Waals surface area contributed by atoms with Crippen LogP contribution in [0.5, 0.6) is 0 Å². The van der Waals surface area contributed by atoms with Crippen molar-refractivity contribution in [3.63, 3.8) is 0 Å². The monoisotopic (exact) mass is 389 g/mol. The average molecular weight is 389 g/mol. The number of rotatable bonds is 4. The molecule has 2 aromatic rings. The fraction of sp³-hybridized carbons (Fsp3) is 0.417. The quantitative estimate of drug-likeness (QED) is 0.747. The number of aryl methyl sites for hydroxylation is 1. The molecule has 0 aliphatic heterocycles. The number of benzene rings is 1. The number of nitrogens with zero attached hydrogens (tertiary/aromatic N) is 1. The highest BCUT2D eigenvalue weighted by Gasteiger charge is 2.46. The molecule has 0 saturated heterocycles. The second-order valence-electron chi connectivity index (χ2n) is 8.98. The van der Waals surface area contributed by atoms with Gasteiger partial charge in [-0.05, 0) is 67.9 Å². The van der Waals surface area contributed by atoms with Crippen molar-refractivity contribution in [1.82, 2.24) is 4.57 Å². The number of carboxylic acids is 2. The predicted molar refractivity (Wildman–Crippen MR) is 105 cm³/mol. The van der Waals surface area contributed by atoms with Crippen molar-refractivity contribution in [2.45, 2.75) is 32.1 Å². The van der Waals surface area contributed by atoms with Crippen molar-refractivity contribution in [2.75, 3.05) is 0 Å². The summed E-state index contributed by atoms with van der Waals surface area (Å²) in [7, 11) is 1.88. The Morgan fingerprint density at radius 1 is 0.966 bits per heavy atom. The number of carbonyl (C=O) groups is 2. The molecule has 150 valence electrons. The maximum absolute atomic E-state index is 12.2. The first-order valence-electron chi connectivity index (χ1n) is 10.3. The molecule has 4 fully saturated rings. The van der Waals surface area contributed by atoms with Crippen LogP contribution in [0.25, 0.3) is 17.0 Å². The number of carboxylic acid groups (broad SMARTS) is 2. The van der Waals surface area contributed by atoms with Crippen LogP contribution in [-0.4, -0.2) is 16.5 Å². The van der Waals surface area contributed by atoms with Crippen molar-refractivity contribution in [3.8, 4) is 0 Å². The molecule has 1 aromatic carbocycles. The van der Waals surface area contributed by atoms with E-state index in [2.05, 4.69) is 0 Å². The van der Waals surface area contributed by atoms with E-state index in [-0.39, 0.29) is 23.0 Å². The van der Waals surface area contributed by atoms with Crippen molar-refractivity contribution in [2.24, 2.45) is 30.7 Å². The molecule has 4 aliphatic rings. The van der Waals surface area contributed by atoms with Gasteiger partial charge >= 0.3 is 0 Å². The lowest BCUT2D eigenvalue weighted by Crippen LogP contribution is -2.43. The smallest absolute Gasteiger partial charge is 0.0722 e. The summed E-state index contributed by atoms with van der Waals surface area (Å²) in [6, 6.07) is 7.65. The molecular weight excluding hydrogens is 366 g/mol. The van der Waals surface area contributed by atoms with E-state index in [9.17, 15) is 19.8 Å². The van der Waals surface area contributed by atoms with E-state index in [1.807, 2.05) is 42.1 Å². The fourth-order valence-corrected chi connectivity index (χ4v) is 6.36. The average Bonchev–Trinajstić information content (AvgIpc) is 2.98. The molecule has 4 saturated carbocycles. The lowest BCUT2D eigenvalue weighted by Gasteiger charge is -2.52. The summed E-state index contributed by atoms with van der Waals surface area (Å²) in [6.45, 7) is 0. The zero-order chi connectivity index (χ0) is 20.3. The summed E-state index contributed by atoms with van der Waals surface area (Å²) >= 11 is 0. The number of allylic oxidation sites excluding steroid dienone is 1. The first-order valence-corrected chi connectivity index (χ1v) is 10.3. The van der Waals surface area contributed by atoms with Crippen LogP contribution >= 0.6 is 0 Å². The van der Waals surface area contributed by atoms with E-state index in [1.165, 1.54) is 12.5 Å². The van der Waals surface area contributed by atoms with Gasteiger partial charge in [0.2, 0.25) is 0 Å². The van der Waals surface area contributed by atoms with Crippen LogP contribution in [0.2, 0.25) is 0 Å². The molecule has 4 aliphatic carbocycles. The molecule has 0 spiro atoms. The molecule has 29 heavy (non-hydrogen) atoms. The summed E-state index contributed by atoms with van der Waals surface area (Å²) in [5, 5.41) is 25.2. The van der Waals surface area contributed by atoms with Gasteiger partial charge in [0.25, 0.3) is 0 Å². The predicted octanol–water partition coefficient (Wildman–Crippen LogP) is 1.81. The van der Waals surface area contributed by atoms with Gasteiger partial charge < -0.3 is 24.4 Å². The first-order chi connectivity index (χ1) is 13.9. The van der Waals surface area contributed by atoms with Crippen molar-refractivity contribution < 1.29 is 19.8 Å². The summed E-state index contributed by atoms with van der Waals surface area (Å²) in [4.78, 5) is 24.3. The molecule has 0 atom stereocenters. The molecule has 0 radical (unpaired) electrons. The van der Waals surface area contributed by atoms with Crippen LogP contribution in [0.1, 0.15) is 37.7 Å². The van der Waals surface area contributed by atoms with Crippen molar-refractivity contribution in [1.29, 1.82) is 0 Å². The molecule has 5 nitrogen and oxygen atoms in total. The van der Waals surface area contributed by atoms with E-state index >= 15 is 0 Å². The first kappa shape index (κ1) is 18.2. The highest BCUT2D eigenvalue weighted by atomic mass is 16.4. The van der Waals surface area contributed by atoms with E-state index in [0.29, 0.717) is 17.4 Å². The van der Waals surface area contributed by atoms with E-state index in [1.54, 1.807) is 0 Å². The topological polar surface area (TPSA) is 85.2 Å². The second kappa shape index (κ2) is 6.61.